The minimum Gasteiger partial charge on any atom is -0.493 e. The van der Waals surface area contributed by atoms with E-state index in [9.17, 15) is 8.42 Å². The van der Waals surface area contributed by atoms with Gasteiger partial charge in [0.1, 0.15) is 5.75 Å². The minimum atomic E-state index is -3.50. The summed E-state index contributed by atoms with van der Waals surface area (Å²) in [5.74, 6) is 0.152. The number of benzene rings is 1. The maximum atomic E-state index is 10.8. The lowest BCUT2D eigenvalue weighted by molar-refractivity contribution is 0.272. The van der Waals surface area contributed by atoms with E-state index in [1.54, 1.807) is 25.1 Å². The largest absolute Gasteiger partial charge is 0.493 e. The van der Waals surface area contributed by atoms with E-state index in [1.165, 1.54) is 0 Å². The summed E-state index contributed by atoms with van der Waals surface area (Å²) in [5, 5.41) is 0.926. The Bertz CT molecular complexity index is 467. The second kappa shape index (κ2) is 6.14. The van der Waals surface area contributed by atoms with Crippen LogP contribution in [0.4, 0.5) is 0 Å². The maximum absolute atomic E-state index is 10.8. The topological polar surface area (TPSA) is 43.4 Å². The molecule has 0 radical (unpaired) electrons. The van der Waals surface area contributed by atoms with Crippen LogP contribution in [-0.2, 0) is 9.05 Å². The van der Waals surface area contributed by atoms with E-state index in [0.29, 0.717) is 15.8 Å². The predicted molar refractivity (Wildman–Crippen MR) is 70.8 cm³/mol. The first kappa shape index (κ1) is 14.9. The Hall–Kier alpha value is -0.160. The first-order chi connectivity index (χ1) is 7.76. The van der Waals surface area contributed by atoms with Crippen molar-refractivity contribution in [3.8, 4) is 5.75 Å². The summed E-state index contributed by atoms with van der Waals surface area (Å²) in [6, 6.07) is 4.80. The molecule has 1 aromatic rings. The second-order valence-electron chi connectivity index (χ2n) is 3.73. The van der Waals surface area contributed by atoms with Crippen LogP contribution in [0.5, 0.6) is 5.75 Å². The van der Waals surface area contributed by atoms with Crippen LogP contribution in [0, 0.1) is 5.92 Å². The van der Waals surface area contributed by atoms with E-state index in [1.807, 2.05) is 0 Å². The summed E-state index contributed by atoms with van der Waals surface area (Å²) in [6.07, 6.45) is 0. The lowest BCUT2D eigenvalue weighted by Gasteiger charge is -2.11. The number of ether oxygens (including phenoxy) is 1. The highest BCUT2D eigenvalue weighted by molar-refractivity contribution is 8.13. The molecule has 1 unspecified atom stereocenters. The zero-order chi connectivity index (χ0) is 13.1. The highest BCUT2D eigenvalue weighted by Crippen LogP contribution is 2.24. The number of rotatable bonds is 5. The van der Waals surface area contributed by atoms with Crippen LogP contribution in [0.25, 0.3) is 0 Å². The molecule has 0 aliphatic carbocycles. The highest BCUT2D eigenvalue weighted by atomic mass is 35.7. The van der Waals surface area contributed by atoms with Gasteiger partial charge < -0.3 is 4.74 Å². The van der Waals surface area contributed by atoms with Crippen LogP contribution in [0.3, 0.4) is 0 Å². The average Bonchev–Trinajstić information content (AvgIpc) is 2.10. The molecule has 1 rings (SSSR count). The molecular weight excluding hydrogens is 307 g/mol. The number of hydrogen-bond donors (Lipinski definition) is 0. The van der Waals surface area contributed by atoms with Gasteiger partial charge in [0, 0.05) is 26.6 Å². The molecule has 0 fully saturated rings. The van der Waals surface area contributed by atoms with Crippen LogP contribution in [0.15, 0.2) is 18.2 Å². The summed E-state index contributed by atoms with van der Waals surface area (Å²) in [4.78, 5) is 0. The van der Waals surface area contributed by atoms with Gasteiger partial charge in [0.25, 0.3) is 0 Å². The molecule has 1 atom stereocenters. The molecule has 17 heavy (non-hydrogen) atoms. The Labute approximate surface area is 115 Å². The van der Waals surface area contributed by atoms with Gasteiger partial charge in [-0.2, -0.15) is 0 Å². The summed E-state index contributed by atoms with van der Waals surface area (Å²) < 4.78 is 27.0. The van der Waals surface area contributed by atoms with Gasteiger partial charge in [-0.15, -0.1) is 0 Å². The van der Waals surface area contributed by atoms with Gasteiger partial charge in [-0.1, -0.05) is 30.1 Å². The van der Waals surface area contributed by atoms with Crippen molar-refractivity contribution >= 4 is 42.9 Å². The lowest BCUT2D eigenvalue weighted by atomic mass is 10.2. The fraction of sp³-hybridized carbons (Fsp3) is 0.400. The van der Waals surface area contributed by atoms with Crippen LogP contribution in [0.2, 0.25) is 10.0 Å². The van der Waals surface area contributed by atoms with Gasteiger partial charge in [0.05, 0.1) is 12.4 Å². The van der Waals surface area contributed by atoms with Crippen molar-refractivity contribution in [2.45, 2.75) is 6.92 Å². The van der Waals surface area contributed by atoms with Crippen LogP contribution >= 0.6 is 33.9 Å². The van der Waals surface area contributed by atoms with E-state index in [-0.39, 0.29) is 18.3 Å². The van der Waals surface area contributed by atoms with E-state index >= 15 is 0 Å². The second-order valence-corrected chi connectivity index (χ2v) is 7.42. The molecule has 0 bridgehead atoms. The molecule has 0 spiro atoms. The average molecular weight is 318 g/mol. The zero-order valence-corrected chi connectivity index (χ0v) is 12.1. The van der Waals surface area contributed by atoms with Crippen molar-refractivity contribution in [3.63, 3.8) is 0 Å². The molecule has 7 heteroatoms. The third-order valence-corrected chi connectivity index (χ3v) is 3.64. The van der Waals surface area contributed by atoms with E-state index in [0.717, 1.165) is 0 Å². The van der Waals surface area contributed by atoms with Gasteiger partial charge in [-0.05, 0) is 18.2 Å². The Morgan fingerprint density at radius 1 is 1.24 bits per heavy atom. The third kappa shape index (κ3) is 6.36. The van der Waals surface area contributed by atoms with E-state index in [2.05, 4.69) is 0 Å². The van der Waals surface area contributed by atoms with Crippen molar-refractivity contribution in [1.29, 1.82) is 0 Å². The monoisotopic (exact) mass is 316 g/mol. The van der Waals surface area contributed by atoms with Crippen LogP contribution in [0.1, 0.15) is 6.92 Å². The third-order valence-electron chi connectivity index (χ3n) is 1.85. The van der Waals surface area contributed by atoms with Crippen molar-refractivity contribution in [2.24, 2.45) is 5.92 Å². The molecule has 0 aliphatic heterocycles. The Balaban J connectivity index is 2.55. The van der Waals surface area contributed by atoms with Crippen molar-refractivity contribution in [2.75, 3.05) is 12.4 Å². The predicted octanol–water partition coefficient (Wildman–Crippen LogP) is 3.58. The summed E-state index contributed by atoms with van der Waals surface area (Å²) in [6.45, 7) is 1.95. The zero-order valence-electron chi connectivity index (χ0n) is 8.99. The SMILES string of the molecule is CC(COc1cc(Cl)cc(Cl)c1)CS(=O)(=O)Cl. The molecule has 1 aromatic carbocycles. The Morgan fingerprint density at radius 3 is 2.24 bits per heavy atom. The quantitative estimate of drug-likeness (QED) is 0.780. The van der Waals surface area contributed by atoms with E-state index in [4.69, 9.17) is 38.6 Å². The molecule has 96 valence electrons. The first-order valence-electron chi connectivity index (χ1n) is 4.77. The molecule has 0 saturated carbocycles. The first-order valence-corrected chi connectivity index (χ1v) is 8.01. The fourth-order valence-corrected chi connectivity index (χ4v) is 3.17. The van der Waals surface area contributed by atoms with Crippen LogP contribution < -0.4 is 4.74 Å². The van der Waals surface area contributed by atoms with Crippen molar-refractivity contribution < 1.29 is 13.2 Å². The smallest absolute Gasteiger partial charge is 0.232 e. The summed E-state index contributed by atoms with van der Waals surface area (Å²) in [7, 11) is 1.63. The van der Waals surface area contributed by atoms with E-state index < -0.39 is 9.05 Å². The molecular formula is C10H11Cl3O3S. The molecule has 0 saturated heterocycles. The van der Waals surface area contributed by atoms with Crippen molar-refractivity contribution in [3.05, 3.63) is 28.2 Å². The summed E-state index contributed by atoms with van der Waals surface area (Å²) >= 11 is 11.6. The number of hydrogen-bond acceptors (Lipinski definition) is 3. The molecule has 0 amide bonds. The Morgan fingerprint density at radius 2 is 1.76 bits per heavy atom. The highest BCUT2D eigenvalue weighted by Gasteiger charge is 2.13. The molecule has 0 heterocycles. The Kier molecular flexibility index (Phi) is 5.38. The number of halogens is 3. The van der Waals surface area contributed by atoms with Gasteiger partial charge in [-0.25, -0.2) is 8.42 Å². The van der Waals surface area contributed by atoms with Crippen molar-refractivity contribution in [1.82, 2.24) is 0 Å². The molecule has 0 aliphatic rings. The fourth-order valence-electron chi connectivity index (χ4n) is 1.24. The molecule has 3 nitrogen and oxygen atoms in total. The van der Waals surface area contributed by atoms with Gasteiger partial charge >= 0.3 is 0 Å². The lowest BCUT2D eigenvalue weighted by Crippen LogP contribution is -2.16. The standard InChI is InChI=1S/C10H11Cl3O3S/c1-7(6-17(13,14)15)5-16-10-3-8(11)2-9(12)4-10/h2-4,7H,5-6H2,1H3. The van der Waals surface area contributed by atoms with Gasteiger partial charge in [-0.3, -0.25) is 0 Å². The van der Waals surface area contributed by atoms with Gasteiger partial charge in [0.2, 0.25) is 9.05 Å². The maximum Gasteiger partial charge on any atom is 0.232 e. The van der Waals surface area contributed by atoms with Gasteiger partial charge in [0.15, 0.2) is 0 Å². The molecule has 0 N–H and O–H groups in total. The summed E-state index contributed by atoms with van der Waals surface area (Å²) in [5.41, 5.74) is 0. The minimum absolute atomic E-state index is 0.136. The normalized spacial score (nSPS) is 13.4. The molecule has 0 aromatic heterocycles. The van der Waals surface area contributed by atoms with Crippen LogP contribution in [-0.4, -0.2) is 20.8 Å².